The van der Waals surface area contributed by atoms with Crippen LogP contribution in [0, 0.1) is 0 Å². The summed E-state index contributed by atoms with van der Waals surface area (Å²) in [4.78, 5) is 11.3. The van der Waals surface area contributed by atoms with Crippen LogP contribution in [-0.2, 0) is 6.61 Å². The van der Waals surface area contributed by atoms with Crippen molar-refractivity contribution in [2.75, 3.05) is 0 Å². The van der Waals surface area contributed by atoms with E-state index in [1.54, 1.807) is 36.4 Å². The molecule has 0 unspecified atom stereocenters. The topological polar surface area (TPSA) is 26.3 Å². The maximum Gasteiger partial charge on any atom is 0.159 e. The molecule has 0 N–H and O–H groups in total. The van der Waals surface area contributed by atoms with Crippen LogP contribution in [-0.4, -0.2) is 5.78 Å². The third kappa shape index (κ3) is 3.72. The van der Waals surface area contributed by atoms with E-state index in [1.807, 2.05) is 6.07 Å². The second-order valence-corrected chi connectivity index (χ2v) is 4.95. The molecule has 0 aliphatic heterocycles. The van der Waals surface area contributed by atoms with Crippen molar-refractivity contribution in [1.82, 2.24) is 0 Å². The van der Waals surface area contributed by atoms with Crippen LogP contribution in [0.3, 0.4) is 0 Å². The van der Waals surface area contributed by atoms with Gasteiger partial charge in [0.1, 0.15) is 12.4 Å². The van der Waals surface area contributed by atoms with Gasteiger partial charge in [0.05, 0.1) is 0 Å². The van der Waals surface area contributed by atoms with Crippen molar-refractivity contribution in [1.29, 1.82) is 0 Å². The highest BCUT2D eigenvalue weighted by Crippen LogP contribution is 2.23. The molecule has 2 aromatic rings. The summed E-state index contributed by atoms with van der Waals surface area (Å²) < 4.78 is 5.62. The minimum Gasteiger partial charge on any atom is -0.489 e. The van der Waals surface area contributed by atoms with Gasteiger partial charge in [-0.15, -0.1) is 0 Å². The Morgan fingerprint density at radius 1 is 1.16 bits per heavy atom. The highest BCUT2D eigenvalue weighted by Gasteiger charge is 2.04. The number of ketones is 1. The van der Waals surface area contributed by atoms with Crippen LogP contribution >= 0.6 is 23.2 Å². The van der Waals surface area contributed by atoms with E-state index in [0.29, 0.717) is 28.0 Å². The van der Waals surface area contributed by atoms with Gasteiger partial charge in [0.2, 0.25) is 0 Å². The molecule has 0 aromatic heterocycles. The van der Waals surface area contributed by atoms with Crippen LogP contribution in [0.5, 0.6) is 5.75 Å². The Bertz CT molecular complexity index is 609. The number of carbonyl (C=O) groups is 1. The predicted molar refractivity (Wildman–Crippen MR) is 77.2 cm³/mol. The summed E-state index contributed by atoms with van der Waals surface area (Å²) >= 11 is 11.9. The quantitative estimate of drug-likeness (QED) is 0.759. The Morgan fingerprint density at radius 2 is 1.95 bits per heavy atom. The monoisotopic (exact) mass is 294 g/mol. The Hall–Kier alpha value is -1.51. The first-order valence-corrected chi connectivity index (χ1v) is 6.49. The number of benzene rings is 2. The smallest absolute Gasteiger partial charge is 0.159 e. The summed E-state index contributed by atoms with van der Waals surface area (Å²) in [5.74, 6) is 0.647. The second kappa shape index (κ2) is 6.09. The molecule has 0 spiro atoms. The predicted octanol–water partition coefficient (Wildman–Crippen LogP) is 4.78. The van der Waals surface area contributed by atoms with Crippen LogP contribution in [0.25, 0.3) is 0 Å². The maximum absolute atomic E-state index is 11.3. The number of rotatable bonds is 4. The summed E-state index contributed by atoms with van der Waals surface area (Å²) in [6, 6.07) is 12.3. The Labute approximate surface area is 121 Å². The maximum atomic E-state index is 11.3. The number of halogens is 2. The number of carbonyl (C=O) groups excluding carboxylic acids is 1. The SMILES string of the molecule is CC(=O)c1cccc(OCc2ccc(Cl)cc2Cl)c1. The zero-order chi connectivity index (χ0) is 13.8. The Kier molecular flexibility index (Phi) is 4.46. The fraction of sp³-hybridized carbons (Fsp3) is 0.133. The normalized spacial score (nSPS) is 10.3. The third-order valence-electron chi connectivity index (χ3n) is 2.65. The van der Waals surface area contributed by atoms with Crippen molar-refractivity contribution < 1.29 is 9.53 Å². The van der Waals surface area contributed by atoms with Gasteiger partial charge in [0, 0.05) is 21.2 Å². The molecule has 0 aliphatic carbocycles. The molecule has 0 aliphatic rings. The van der Waals surface area contributed by atoms with Gasteiger partial charge in [-0.2, -0.15) is 0 Å². The van der Waals surface area contributed by atoms with Crippen molar-refractivity contribution in [3.05, 3.63) is 63.6 Å². The molecule has 0 fully saturated rings. The Morgan fingerprint density at radius 3 is 2.63 bits per heavy atom. The molecule has 0 radical (unpaired) electrons. The molecule has 98 valence electrons. The molecule has 2 aromatic carbocycles. The van der Waals surface area contributed by atoms with Crippen LogP contribution in [0.15, 0.2) is 42.5 Å². The number of hydrogen-bond donors (Lipinski definition) is 0. The van der Waals surface area contributed by atoms with Crippen molar-refractivity contribution >= 4 is 29.0 Å². The molecular formula is C15H12Cl2O2. The average Bonchev–Trinajstić information content (AvgIpc) is 2.38. The average molecular weight is 295 g/mol. The van der Waals surface area contributed by atoms with Crippen molar-refractivity contribution in [2.24, 2.45) is 0 Å². The van der Waals surface area contributed by atoms with Crippen LogP contribution < -0.4 is 4.74 Å². The molecule has 0 amide bonds. The van der Waals surface area contributed by atoms with Gasteiger partial charge in [0.15, 0.2) is 5.78 Å². The summed E-state index contributed by atoms with van der Waals surface area (Å²) in [7, 11) is 0. The minimum absolute atomic E-state index is 0.00924. The molecule has 0 saturated carbocycles. The number of ether oxygens (including phenoxy) is 1. The van der Waals surface area contributed by atoms with E-state index in [1.165, 1.54) is 6.92 Å². The zero-order valence-corrected chi connectivity index (χ0v) is 11.8. The first kappa shape index (κ1) is 13.9. The van der Waals surface area contributed by atoms with Crippen LogP contribution in [0.2, 0.25) is 10.0 Å². The van der Waals surface area contributed by atoms with E-state index in [9.17, 15) is 4.79 Å². The summed E-state index contributed by atoms with van der Waals surface area (Å²) in [5, 5.41) is 1.16. The molecule has 2 rings (SSSR count). The van der Waals surface area contributed by atoms with Gasteiger partial charge in [-0.25, -0.2) is 0 Å². The van der Waals surface area contributed by atoms with Gasteiger partial charge in [-0.05, 0) is 31.2 Å². The first-order chi connectivity index (χ1) is 9.06. The van der Waals surface area contributed by atoms with Gasteiger partial charge in [-0.3, -0.25) is 4.79 Å². The van der Waals surface area contributed by atoms with E-state index in [-0.39, 0.29) is 5.78 Å². The van der Waals surface area contributed by atoms with Crippen LogP contribution in [0.1, 0.15) is 22.8 Å². The second-order valence-electron chi connectivity index (χ2n) is 4.11. The van der Waals surface area contributed by atoms with Crippen molar-refractivity contribution in [2.45, 2.75) is 13.5 Å². The lowest BCUT2D eigenvalue weighted by atomic mass is 10.1. The van der Waals surface area contributed by atoms with E-state index < -0.39 is 0 Å². The molecule has 0 bridgehead atoms. The molecule has 2 nitrogen and oxygen atoms in total. The van der Waals surface area contributed by atoms with Crippen molar-refractivity contribution in [3.8, 4) is 5.75 Å². The number of Topliss-reactive ketones (excluding diaryl/α,β-unsaturated/α-hetero) is 1. The van der Waals surface area contributed by atoms with Gasteiger partial charge in [-0.1, -0.05) is 41.4 Å². The molecular weight excluding hydrogens is 283 g/mol. The molecule has 19 heavy (non-hydrogen) atoms. The number of hydrogen-bond acceptors (Lipinski definition) is 2. The fourth-order valence-corrected chi connectivity index (χ4v) is 2.07. The molecule has 0 saturated heterocycles. The van der Waals surface area contributed by atoms with E-state index in [4.69, 9.17) is 27.9 Å². The van der Waals surface area contributed by atoms with Gasteiger partial charge in [0.25, 0.3) is 0 Å². The summed E-state index contributed by atoms with van der Waals surface area (Å²) in [6.45, 7) is 1.85. The lowest BCUT2D eigenvalue weighted by Gasteiger charge is -2.08. The largest absolute Gasteiger partial charge is 0.489 e. The lowest BCUT2D eigenvalue weighted by molar-refractivity contribution is 0.101. The summed E-state index contributed by atoms with van der Waals surface area (Å²) in [5.41, 5.74) is 1.47. The van der Waals surface area contributed by atoms with Crippen LogP contribution in [0.4, 0.5) is 0 Å². The standard InChI is InChI=1S/C15H12Cl2O2/c1-10(18)11-3-2-4-14(7-11)19-9-12-5-6-13(16)8-15(12)17/h2-8H,9H2,1H3. The first-order valence-electron chi connectivity index (χ1n) is 5.74. The summed E-state index contributed by atoms with van der Waals surface area (Å²) in [6.07, 6.45) is 0. The van der Waals surface area contributed by atoms with E-state index >= 15 is 0 Å². The van der Waals surface area contributed by atoms with E-state index in [2.05, 4.69) is 0 Å². The highest BCUT2D eigenvalue weighted by molar-refractivity contribution is 6.35. The fourth-order valence-electron chi connectivity index (χ4n) is 1.60. The Balaban J connectivity index is 2.10. The molecule has 0 heterocycles. The van der Waals surface area contributed by atoms with Crippen molar-refractivity contribution in [3.63, 3.8) is 0 Å². The minimum atomic E-state index is 0.00924. The molecule has 0 atom stereocenters. The van der Waals surface area contributed by atoms with Gasteiger partial charge < -0.3 is 4.74 Å². The molecule has 4 heteroatoms. The van der Waals surface area contributed by atoms with Gasteiger partial charge >= 0.3 is 0 Å². The van der Waals surface area contributed by atoms with E-state index in [0.717, 1.165) is 5.56 Å². The third-order valence-corrected chi connectivity index (χ3v) is 3.24. The zero-order valence-electron chi connectivity index (χ0n) is 10.3. The highest BCUT2D eigenvalue weighted by atomic mass is 35.5. The lowest BCUT2D eigenvalue weighted by Crippen LogP contribution is -1.98.